The molecule has 0 aliphatic carbocycles. The Morgan fingerprint density at radius 1 is 1.18 bits per heavy atom. The van der Waals surface area contributed by atoms with Gasteiger partial charge in [0.2, 0.25) is 5.91 Å². The summed E-state index contributed by atoms with van der Waals surface area (Å²) in [6.07, 6.45) is 0.0734. The molecule has 0 aliphatic heterocycles. The molecule has 144 valence electrons. The number of amides is 2. The van der Waals surface area contributed by atoms with Gasteiger partial charge in [-0.2, -0.15) is 0 Å². The molecule has 2 aromatic carbocycles. The van der Waals surface area contributed by atoms with Crippen molar-refractivity contribution in [3.8, 4) is 11.3 Å². The molecule has 0 spiro atoms. The summed E-state index contributed by atoms with van der Waals surface area (Å²) < 4.78 is 13.0. The van der Waals surface area contributed by atoms with Gasteiger partial charge in [0.15, 0.2) is 5.13 Å². The van der Waals surface area contributed by atoms with E-state index in [0.717, 1.165) is 29.0 Å². The lowest BCUT2D eigenvalue weighted by Gasteiger charge is -2.06. The molecule has 0 saturated heterocycles. The highest BCUT2D eigenvalue weighted by Gasteiger charge is 2.12. The summed E-state index contributed by atoms with van der Waals surface area (Å²) in [4.78, 5) is 28.5. The number of thiazole rings is 1. The lowest BCUT2D eigenvalue weighted by atomic mass is 10.1. The summed E-state index contributed by atoms with van der Waals surface area (Å²) in [6.45, 7) is 2.13. The number of carbonyl (C=O) groups is 2. The van der Waals surface area contributed by atoms with Crippen molar-refractivity contribution in [2.45, 2.75) is 13.3 Å². The smallest absolute Gasteiger partial charge is 0.252 e. The summed E-state index contributed by atoms with van der Waals surface area (Å²) in [5.74, 6) is -1.25. The van der Waals surface area contributed by atoms with Crippen LogP contribution in [0.25, 0.3) is 11.3 Å². The molecule has 28 heavy (non-hydrogen) atoms. The van der Waals surface area contributed by atoms with Crippen LogP contribution in [0.15, 0.2) is 47.8 Å². The third kappa shape index (κ3) is 5.15. The number of aromatic nitrogens is 1. The molecule has 0 aliphatic rings. The van der Waals surface area contributed by atoms with Gasteiger partial charge in [0.25, 0.3) is 5.91 Å². The summed E-state index contributed by atoms with van der Waals surface area (Å²) in [7, 11) is 0. The third-order valence-corrected chi connectivity index (χ3v) is 4.98. The van der Waals surface area contributed by atoms with Gasteiger partial charge in [0, 0.05) is 23.9 Å². The fraction of sp³-hybridized carbons (Fsp3) is 0.150. The number of nitrogens with zero attached hydrogens (tertiary/aromatic N) is 1. The van der Waals surface area contributed by atoms with Gasteiger partial charge in [-0.3, -0.25) is 9.59 Å². The van der Waals surface area contributed by atoms with Gasteiger partial charge in [-0.1, -0.05) is 41.4 Å². The van der Waals surface area contributed by atoms with E-state index in [1.54, 1.807) is 0 Å². The Labute approximate surface area is 170 Å². The standard InChI is InChI=1S/C20H17ClFN3O2S/c1-12-2-4-13(5-3-12)17-11-28-20(24-17)25-18(26)8-9-23-19(27)15-7-6-14(22)10-16(15)21/h2-7,10-11H,8-9H2,1H3,(H,23,27)(H,24,25,26). The van der Waals surface area contributed by atoms with Gasteiger partial charge < -0.3 is 10.6 Å². The molecule has 5 nitrogen and oxygen atoms in total. The van der Waals surface area contributed by atoms with Crippen molar-refractivity contribution in [2.75, 3.05) is 11.9 Å². The van der Waals surface area contributed by atoms with E-state index in [0.29, 0.717) is 5.13 Å². The Hall–Kier alpha value is -2.77. The first kappa shape index (κ1) is 20.0. The molecule has 0 atom stereocenters. The molecule has 1 aromatic heterocycles. The second kappa shape index (κ2) is 8.95. The normalized spacial score (nSPS) is 10.5. The van der Waals surface area contributed by atoms with Crippen LogP contribution in [0.5, 0.6) is 0 Å². The van der Waals surface area contributed by atoms with Crippen LogP contribution in [0.2, 0.25) is 5.02 Å². The summed E-state index contributed by atoms with van der Waals surface area (Å²) in [6, 6.07) is 11.5. The molecule has 2 N–H and O–H groups in total. The van der Waals surface area contributed by atoms with E-state index in [-0.39, 0.29) is 29.5 Å². The monoisotopic (exact) mass is 417 g/mol. The van der Waals surface area contributed by atoms with Crippen molar-refractivity contribution in [3.05, 3.63) is 69.8 Å². The van der Waals surface area contributed by atoms with E-state index in [1.165, 1.54) is 17.4 Å². The molecule has 3 rings (SSSR count). The number of anilines is 1. The van der Waals surface area contributed by atoms with Gasteiger partial charge in [-0.15, -0.1) is 11.3 Å². The third-order valence-electron chi connectivity index (χ3n) is 3.91. The Morgan fingerprint density at radius 2 is 1.93 bits per heavy atom. The molecular weight excluding hydrogens is 401 g/mol. The van der Waals surface area contributed by atoms with E-state index < -0.39 is 11.7 Å². The summed E-state index contributed by atoms with van der Waals surface area (Å²) in [5, 5.41) is 7.70. The highest BCUT2D eigenvalue weighted by Crippen LogP contribution is 2.25. The van der Waals surface area contributed by atoms with E-state index in [2.05, 4.69) is 15.6 Å². The van der Waals surface area contributed by atoms with Gasteiger partial charge in [-0.25, -0.2) is 9.37 Å². The van der Waals surface area contributed by atoms with Gasteiger partial charge >= 0.3 is 0 Å². The van der Waals surface area contributed by atoms with E-state index in [9.17, 15) is 14.0 Å². The maximum Gasteiger partial charge on any atom is 0.252 e. The van der Waals surface area contributed by atoms with Crippen LogP contribution in [0.4, 0.5) is 9.52 Å². The van der Waals surface area contributed by atoms with E-state index in [1.807, 2.05) is 36.6 Å². The maximum absolute atomic E-state index is 13.0. The number of benzene rings is 2. The quantitative estimate of drug-likeness (QED) is 0.612. The van der Waals surface area contributed by atoms with E-state index in [4.69, 9.17) is 11.6 Å². The van der Waals surface area contributed by atoms with Gasteiger partial charge in [0.05, 0.1) is 16.3 Å². The van der Waals surface area contributed by atoms with Gasteiger partial charge in [0.1, 0.15) is 5.82 Å². The maximum atomic E-state index is 13.0. The predicted octanol–water partition coefficient (Wildman–Crippen LogP) is 4.67. The fourth-order valence-corrected chi connectivity index (χ4v) is 3.42. The second-order valence-corrected chi connectivity index (χ2v) is 7.35. The lowest BCUT2D eigenvalue weighted by Crippen LogP contribution is -2.27. The topological polar surface area (TPSA) is 71.1 Å². The van der Waals surface area contributed by atoms with Crippen molar-refractivity contribution in [3.63, 3.8) is 0 Å². The lowest BCUT2D eigenvalue weighted by molar-refractivity contribution is -0.116. The van der Waals surface area contributed by atoms with Crippen LogP contribution in [0.1, 0.15) is 22.3 Å². The molecule has 0 fully saturated rings. The fourth-order valence-electron chi connectivity index (χ4n) is 2.43. The highest BCUT2D eigenvalue weighted by atomic mass is 35.5. The van der Waals surface area contributed by atoms with Crippen LogP contribution in [-0.2, 0) is 4.79 Å². The van der Waals surface area contributed by atoms with Crippen molar-refractivity contribution in [1.29, 1.82) is 0 Å². The minimum absolute atomic E-state index is 0.0216. The Morgan fingerprint density at radius 3 is 2.64 bits per heavy atom. The Bertz CT molecular complexity index is 1000. The number of halogens is 2. The predicted molar refractivity (Wildman–Crippen MR) is 109 cm³/mol. The Balaban J connectivity index is 1.49. The molecule has 2 amide bonds. The van der Waals surface area contributed by atoms with E-state index >= 15 is 0 Å². The second-order valence-electron chi connectivity index (χ2n) is 6.08. The largest absolute Gasteiger partial charge is 0.351 e. The van der Waals surface area contributed by atoms with Gasteiger partial charge in [-0.05, 0) is 25.1 Å². The number of aryl methyl sites for hydroxylation is 1. The molecule has 3 aromatic rings. The minimum atomic E-state index is -0.519. The van der Waals surface area contributed by atoms with Crippen molar-refractivity contribution >= 4 is 39.9 Å². The molecule has 0 bridgehead atoms. The number of hydrogen-bond donors (Lipinski definition) is 2. The number of nitrogens with one attached hydrogen (secondary N) is 2. The van der Waals surface area contributed by atoms with Crippen LogP contribution in [0.3, 0.4) is 0 Å². The molecule has 8 heteroatoms. The molecule has 0 radical (unpaired) electrons. The Kier molecular flexibility index (Phi) is 6.38. The summed E-state index contributed by atoms with van der Waals surface area (Å²) >= 11 is 7.18. The average molecular weight is 418 g/mol. The molecule has 0 unspecified atom stereocenters. The molecular formula is C20H17ClFN3O2S. The van der Waals surface area contributed by atoms with Crippen LogP contribution in [-0.4, -0.2) is 23.3 Å². The van der Waals surface area contributed by atoms with Crippen molar-refractivity contribution in [1.82, 2.24) is 10.3 Å². The zero-order valence-electron chi connectivity index (χ0n) is 15.0. The zero-order valence-corrected chi connectivity index (χ0v) is 16.5. The summed E-state index contributed by atoms with van der Waals surface area (Å²) in [5.41, 5.74) is 3.09. The first-order valence-corrected chi connectivity index (χ1v) is 9.74. The number of hydrogen-bond acceptors (Lipinski definition) is 4. The number of carbonyl (C=O) groups excluding carboxylic acids is 2. The van der Waals surface area contributed by atoms with Crippen LogP contribution < -0.4 is 10.6 Å². The van der Waals surface area contributed by atoms with Crippen molar-refractivity contribution < 1.29 is 14.0 Å². The first-order chi connectivity index (χ1) is 13.4. The van der Waals surface area contributed by atoms with Crippen molar-refractivity contribution in [2.24, 2.45) is 0 Å². The number of rotatable bonds is 6. The first-order valence-electron chi connectivity index (χ1n) is 8.48. The average Bonchev–Trinajstić information content (AvgIpc) is 3.10. The highest BCUT2D eigenvalue weighted by molar-refractivity contribution is 7.14. The minimum Gasteiger partial charge on any atom is -0.351 e. The van der Waals surface area contributed by atoms with Crippen LogP contribution >= 0.6 is 22.9 Å². The van der Waals surface area contributed by atoms with Crippen LogP contribution in [0, 0.1) is 12.7 Å². The zero-order chi connectivity index (χ0) is 20.1. The molecule has 1 heterocycles. The SMILES string of the molecule is Cc1ccc(-c2csc(NC(=O)CCNC(=O)c3ccc(F)cc3Cl)n2)cc1. The molecule has 0 saturated carbocycles.